The lowest BCUT2D eigenvalue weighted by Gasteiger charge is -2.23. The van der Waals surface area contributed by atoms with Crippen molar-refractivity contribution in [2.45, 2.75) is 6.54 Å². The van der Waals surface area contributed by atoms with E-state index < -0.39 is 0 Å². The number of carbonyl (C=O) groups excluding carboxylic acids is 1. The van der Waals surface area contributed by atoms with Gasteiger partial charge in [0.25, 0.3) is 5.91 Å². The molecule has 0 saturated heterocycles. The Morgan fingerprint density at radius 2 is 1.75 bits per heavy atom. The molecule has 0 spiro atoms. The smallest absolute Gasteiger partial charge is 0.255 e. The average Bonchev–Trinajstić information content (AvgIpc) is 2.69. The molecule has 4 nitrogen and oxygen atoms in total. The molecule has 7 heteroatoms. The van der Waals surface area contributed by atoms with Gasteiger partial charge in [-0.3, -0.25) is 9.78 Å². The van der Waals surface area contributed by atoms with E-state index in [1.54, 1.807) is 41.6 Å². The minimum Gasteiger partial charge on any atom is -0.489 e. The maximum Gasteiger partial charge on any atom is 0.255 e. The molecule has 0 radical (unpaired) electrons. The highest BCUT2D eigenvalue weighted by molar-refractivity contribution is 9.10. The van der Waals surface area contributed by atoms with Gasteiger partial charge >= 0.3 is 0 Å². The van der Waals surface area contributed by atoms with E-state index in [0.717, 1.165) is 10.0 Å². The van der Waals surface area contributed by atoms with Gasteiger partial charge in [-0.1, -0.05) is 59.6 Å². The molecular weight excluding hydrogens is 463 g/mol. The van der Waals surface area contributed by atoms with Crippen LogP contribution in [0.1, 0.15) is 15.9 Å². The third kappa shape index (κ3) is 5.47. The average molecular weight is 480 g/mol. The van der Waals surface area contributed by atoms with Crippen LogP contribution in [0, 0.1) is 0 Å². The lowest BCUT2D eigenvalue weighted by atomic mass is 10.2. The predicted octanol–water partition coefficient (Wildman–Crippen LogP) is 5.87. The number of pyridine rings is 1. The first-order chi connectivity index (χ1) is 13.5. The fourth-order valence-corrected chi connectivity index (χ4v) is 3.52. The van der Waals surface area contributed by atoms with E-state index in [9.17, 15) is 4.79 Å². The predicted molar refractivity (Wildman–Crippen MR) is 115 cm³/mol. The van der Waals surface area contributed by atoms with Crippen molar-refractivity contribution in [1.82, 2.24) is 9.88 Å². The van der Waals surface area contributed by atoms with Crippen LogP contribution in [0.15, 0.2) is 71.5 Å². The van der Waals surface area contributed by atoms with Crippen LogP contribution in [0.4, 0.5) is 0 Å². The molecule has 1 amide bonds. The van der Waals surface area contributed by atoms with Gasteiger partial charge in [0.05, 0.1) is 22.2 Å². The molecule has 1 aromatic heterocycles. The molecular formula is C21H17BrCl2N2O2. The first-order valence-electron chi connectivity index (χ1n) is 8.55. The van der Waals surface area contributed by atoms with E-state index in [4.69, 9.17) is 27.9 Å². The number of rotatable bonds is 7. The van der Waals surface area contributed by atoms with Gasteiger partial charge in [-0.25, -0.2) is 0 Å². The van der Waals surface area contributed by atoms with Gasteiger partial charge in [0.1, 0.15) is 6.61 Å². The number of hydrogen-bond acceptors (Lipinski definition) is 3. The lowest BCUT2D eigenvalue weighted by molar-refractivity contribution is 0.0716. The number of para-hydroxylation sites is 1. The Morgan fingerprint density at radius 1 is 1.04 bits per heavy atom. The Hall–Kier alpha value is -2.08. The van der Waals surface area contributed by atoms with E-state index in [0.29, 0.717) is 34.4 Å². The minimum atomic E-state index is -0.133. The van der Waals surface area contributed by atoms with E-state index >= 15 is 0 Å². The van der Waals surface area contributed by atoms with Crippen LogP contribution in [0.5, 0.6) is 5.75 Å². The summed E-state index contributed by atoms with van der Waals surface area (Å²) in [5, 5.41) is 0.870. The molecule has 0 unspecified atom stereocenters. The highest BCUT2D eigenvalue weighted by Gasteiger charge is 2.18. The summed E-state index contributed by atoms with van der Waals surface area (Å²) in [6, 6.07) is 16.7. The van der Waals surface area contributed by atoms with Crippen molar-refractivity contribution in [1.29, 1.82) is 0 Å². The number of halogens is 3. The van der Waals surface area contributed by atoms with Crippen molar-refractivity contribution in [3.8, 4) is 5.75 Å². The molecule has 28 heavy (non-hydrogen) atoms. The van der Waals surface area contributed by atoms with Crippen molar-refractivity contribution in [2.24, 2.45) is 0 Å². The number of ether oxygens (including phenoxy) is 1. The number of hydrogen-bond donors (Lipinski definition) is 0. The fourth-order valence-electron chi connectivity index (χ4n) is 2.65. The second-order valence-electron chi connectivity index (χ2n) is 6.00. The number of benzene rings is 2. The van der Waals surface area contributed by atoms with Gasteiger partial charge in [0, 0.05) is 23.4 Å². The summed E-state index contributed by atoms with van der Waals surface area (Å²) in [6.07, 6.45) is 3.19. The monoisotopic (exact) mass is 478 g/mol. The second kappa shape index (κ2) is 9.92. The van der Waals surface area contributed by atoms with Crippen LogP contribution in [-0.2, 0) is 6.54 Å². The summed E-state index contributed by atoms with van der Waals surface area (Å²) in [5.74, 6) is 0.286. The van der Waals surface area contributed by atoms with E-state index in [1.807, 2.05) is 30.3 Å². The van der Waals surface area contributed by atoms with Crippen LogP contribution in [0.25, 0.3) is 0 Å². The third-order valence-corrected chi connectivity index (χ3v) is 5.01. The van der Waals surface area contributed by atoms with Gasteiger partial charge in [0.15, 0.2) is 5.75 Å². The normalized spacial score (nSPS) is 10.5. The summed E-state index contributed by atoms with van der Waals surface area (Å²) in [7, 11) is 0. The highest BCUT2D eigenvalue weighted by atomic mass is 79.9. The van der Waals surface area contributed by atoms with E-state index in [1.165, 1.54) is 0 Å². The van der Waals surface area contributed by atoms with Gasteiger partial charge in [0.2, 0.25) is 0 Å². The van der Waals surface area contributed by atoms with Crippen molar-refractivity contribution in [3.63, 3.8) is 0 Å². The maximum absolute atomic E-state index is 13.0. The van der Waals surface area contributed by atoms with Crippen LogP contribution in [0.3, 0.4) is 0 Å². The van der Waals surface area contributed by atoms with Crippen molar-refractivity contribution >= 4 is 45.0 Å². The van der Waals surface area contributed by atoms with Crippen molar-refractivity contribution in [3.05, 3.63) is 92.6 Å². The summed E-state index contributed by atoms with van der Waals surface area (Å²) >= 11 is 15.7. The molecule has 0 fully saturated rings. The van der Waals surface area contributed by atoms with Gasteiger partial charge in [-0.2, -0.15) is 0 Å². The summed E-state index contributed by atoms with van der Waals surface area (Å²) in [5.41, 5.74) is 1.52. The SMILES string of the molecule is O=C(c1cncc(Br)c1)N(CCOc1c(Cl)cccc1Cl)Cc1ccccc1. The molecule has 0 bridgehead atoms. The molecule has 0 saturated carbocycles. The summed E-state index contributed by atoms with van der Waals surface area (Å²) in [4.78, 5) is 18.8. The number of amides is 1. The zero-order chi connectivity index (χ0) is 19.9. The van der Waals surface area contributed by atoms with Crippen LogP contribution < -0.4 is 4.74 Å². The zero-order valence-electron chi connectivity index (χ0n) is 14.8. The Bertz CT molecular complexity index is 934. The molecule has 3 rings (SSSR count). The largest absolute Gasteiger partial charge is 0.489 e. The Kier molecular flexibility index (Phi) is 7.31. The quantitative estimate of drug-likeness (QED) is 0.425. The molecule has 144 valence electrons. The number of nitrogens with zero attached hydrogens (tertiary/aromatic N) is 2. The van der Waals surface area contributed by atoms with Crippen LogP contribution in [-0.4, -0.2) is 28.9 Å². The van der Waals surface area contributed by atoms with E-state index in [-0.39, 0.29) is 12.5 Å². The molecule has 2 aromatic carbocycles. The minimum absolute atomic E-state index is 0.133. The van der Waals surface area contributed by atoms with Crippen LogP contribution in [0.2, 0.25) is 10.0 Å². The Balaban J connectivity index is 1.75. The molecule has 1 heterocycles. The Labute approximate surface area is 182 Å². The van der Waals surface area contributed by atoms with Gasteiger partial charge in [-0.05, 0) is 39.7 Å². The van der Waals surface area contributed by atoms with Crippen LogP contribution >= 0.6 is 39.1 Å². The van der Waals surface area contributed by atoms with Crippen molar-refractivity contribution < 1.29 is 9.53 Å². The topological polar surface area (TPSA) is 42.4 Å². The van der Waals surface area contributed by atoms with Gasteiger partial charge in [-0.15, -0.1) is 0 Å². The number of carbonyl (C=O) groups is 1. The Morgan fingerprint density at radius 3 is 2.43 bits per heavy atom. The highest BCUT2D eigenvalue weighted by Crippen LogP contribution is 2.32. The van der Waals surface area contributed by atoms with Crippen molar-refractivity contribution in [2.75, 3.05) is 13.2 Å². The maximum atomic E-state index is 13.0. The van der Waals surface area contributed by atoms with E-state index in [2.05, 4.69) is 20.9 Å². The standard InChI is InChI=1S/C21H17BrCl2N2O2/c22-17-11-16(12-25-13-17)21(27)26(14-15-5-2-1-3-6-15)9-10-28-20-18(23)7-4-8-19(20)24/h1-8,11-13H,9-10,14H2. The molecule has 0 atom stereocenters. The molecule has 0 N–H and O–H groups in total. The lowest BCUT2D eigenvalue weighted by Crippen LogP contribution is -2.34. The number of aromatic nitrogens is 1. The summed E-state index contributed by atoms with van der Waals surface area (Å²) < 4.78 is 6.51. The molecule has 3 aromatic rings. The molecule has 0 aliphatic rings. The molecule has 0 aliphatic heterocycles. The third-order valence-electron chi connectivity index (χ3n) is 3.98. The first kappa shape index (κ1) is 20.6. The molecule has 0 aliphatic carbocycles. The first-order valence-corrected chi connectivity index (χ1v) is 10.1. The van der Waals surface area contributed by atoms with Gasteiger partial charge < -0.3 is 9.64 Å². The fraction of sp³-hybridized carbons (Fsp3) is 0.143. The summed E-state index contributed by atoms with van der Waals surface area (Å²) in [6.45, 7) is 1.07. The zero-order valence-corrected chi connectivity index (χ0v) is 17.9. The second-order valence-corrected chi connectivity index (χ2v) is 7.73.